The van der Waals surface area contributed by atoms with Crippen LogP contribution >= 0.6 is 38.2 Å². The average molecular weight is 396 g/mol. The van der Waals surface area contributed by atoms with Gasteiger partial charge in [0.25, 0.3) is 9.05 Å². The van der Waals surface area contributed by atoms with Crippen molar-refractivity contribution in [1.29, 1.82) is 0 Å². The van der Waals surface area contributed by atoms with Crippen molar-refractivity contribution in [2.24, 2.45) is 0 Å². The molecule has 0 atom stereocenters. The topological polar surface area (TPSA) is 43.4 Å². The van der Waals surface area contributed by atoms with E-state index in [1.54, 1.807) is 6.07 Å². The molecule has 0 aromatic heterocycles. The Morgan fingerprint density at radius 2 is 1.80 bits per heavy atom. The van der Waals surface area contributed by atoms with Gasteiger partial charge in [-0.3, -0.25) is 0 Å². The summed E-state index contributed by atoms with van der Waals surface area (Å²) in [5.41, 5.74) is 0.929. The van der Waals surface area contributed by atoms with Gasteiger partial charge in [0, 0.05) is 15.2 Å². The average Bonchev–Trinajstić information content (AvgIpc) is 2.35. The van der Waals surface area contributed by atoms with E-state index in [0.717, 1.165) is 10.0 Å². The number of benzene rings is 2. The third-order valence-electron chi connectivity index (χ3n) is 2.55. The van der Waals surface area contributed by atoms with Crippen molar-refractivity contribution in [1.82, 2.24) is 0 Å². The molecule has 0 radical (unpaired) electrons. The Kier molecular flexibility index (Phi) is 4.64. The van der Waals surface area contributed by atoms with Gasteiger partial charge in [-0.05, 0) is 42.8 Å². The lowest BCUT2D eigenvalue weighted by molar-refractivity contribution is 0.478. The predicted molar refractivity (Wildman–Crippen MR) is 83.4 cm³/mol. The molecule has 0 heterocycles. The first-order valence-corrected chi connectivity index (χ1v) is 8.93. The van der Waals surface area contributed by atoms with Crippen molar-refractivity contribution in [3.05, 3.63) is 51.5 Å². The molecular weight excluding hydrogens is 387 g/mol. The van der Waals surface area contributed by atoms with Crippen LogP contribution in [-0.2, 0) is 9.05 Å². The van der Waals surface area contributed by atoms with Crippen LogP contribution in [0.5, 0.6) is 11.5 Å². The van der Waals surface area contributed by atoms with E-state index in [1.165, 1.54) is 18.2 Å². The quantitative estimate of drug-likeness (QED) is 0.676. The van der Waals surface area contributed by atoms with Gasteiger partial charge in [-0.25, -0.2) is 8.42 Å². The highest BCUT2D eigenvalue weighted by atomic mass is 79.9. The third-order valence-corrected chi connectivity index (χ3v) is 4.70. The number of ether oxygens (including phenoxy) is 1. The monoisotopic (exact) mass is 394 g/mol. The standard InChI is InChI=1S/C13H9BrCl2O3S/c1-8-2-3-9(14)6-13(8)19-12-5-4-10(7-11(12)15)20(16,17)18/h2-7H,1H3. The van der Waals surface area contributed by atoms with E-state index >= 15 is 0 Å². The van der Waals surface area contributed by atoms with Gasteiger partial charge in [-0.2, -0.15) is 0 Å². The van der Waals surface area contributed by atoms with E-state index in [4.69, 9.17) is 27.0 Å². The molecule has 0 saturated carbocycles. The lowest BCUT2D eigenvalue weighted by atomic mass is 10.2. The fraction of sp³-hybridized carbons (Fsp3) is 0.0769. The number of hydrogen-bond acceptors (Lipinski definition) is 3. The Morgan fingerprint density at radius 1 is 1.10 bits per heavy atom. The van der Waals surface area contributed by atoms with E-state index in [9.17, 15) is 8.42 Å². The van der Waals surface area contributed by atoms with E-state index < -0.39 is 9.05 Å². The molecule has 106 valence electrons. The van der Waals surface area contributed by atoms with Crippen LogP contribution in [0.25, 0.3) is 0 Å². The van der Waals surface area contributed by atoms with Crippen molar-refractivity contribution in [2.45, 2.75) is 11.8 Å². The predicted octanol–water partition coefficient (Wildman–Crippen LogP) is 5.13. The van der Waals surface area contributed by atoms with Gasteiger partial charge in [0.1, 0.15) is 11.5 Å². The van der Waals surface area contributed by atoms with Crippen LogP contribution in [0.1, 0.15) is 5.56 Å². The number of hydrogen-bond donors (Lipinski definition) is 0. The Labute approximate surface area is 135 Å². The molecule has 2 rings (SSSR count). The largest absolute Gasteiger partial charge is 0.455 e. The molecule has 0 fully saturated rings. The van der Waals surface area contributed by atoms with Crippen molar-refractivity contribution >= 4 is 47.3 Å². The first kappa shape index (κ1) is 15.6. The highest BCUT2D eigenvalue weighted by Gasteiger charge is 2.13. The zero-order valence-corrected chi connectivity index (χ0v) is 14.1. The summed E-state index contributed by atoms with van der Waals surface area (Å²) >= 11 is 9.37. The molecule has 0 aliphatic heterocycles. The highest BCUT2D eigenvalue weighted by molar-refractivity contribution is 9.10. The minimum atomic E-state index is -3.81. The lowest BCUT2D eigenvalue weighted by Gasteiger charge is -2.11. The zero-order chi connectivity index (χ0) is 14.9. The van der Waals surface area contributed by atoms with Crippen LogP contribution in [0.3, 0.4) is 0 Å². The molecular formula is C13H9BrCl2O3S. The van der Waals surface area contributed by atoms with Crippen molar-refractivity contribution < 1.29 is 13.2 Å². The second-order valence-corrected chi connectivity index (χ2v) is 7.93. The fourth-order valence-electron chi connectivity index (χ4n) is 1.52. The van der Waals surface area contributed by atoms with Gasteiger partial charge in [0.2, 0.25) is 0 Å². The van der Waals surface area contributed by atoms with Crippen LogP contribution < -0.4 is 4.74 Å². The Hall–Kier alpha value is -0.750. The second-order valence-electron chi connectivity index (χ2n) is 4.04. The SMILES string of the molecule is Cc1ccc(Br)cc1Oc1ccc(S(=O)(=O)Cl)cc1Cl. The molecule has 0 aliphatic carbocycles. The van der Waals surface area contributed by atoms with Gasteiger partial charge >= 0.3 is 0 Å². The second kappa shape index (κ2) is 5.93. The molecule has 0 spiro atoms. The summed E-state index contributed by atoms with van der Waals surface area (Å²) in [5, 5.41) is 0.172. The first-order valence-electron chi connectivity index (χ1n) is 5.45. The smallest absolute Gasteiger partial charge is 0.261 e. The van der Waals surface area contributed by atoms with Gasteiger partial charge < -0.3 is 4.74 Å². The van der Waals surface area contributed by atoms with Crippen LogP contribution in [0.2, 0.25) is 5.02 Å². The van der Waals surface area contributed by atoms with E-state index in [2.05, 4.69) is 15.9 Å². The van der Waals surface area contributed by atoms with Gasteiger partial charge in [0.15, 0.2) is 0 Å². The lowest BCUT2D eigenvalue weighted by Crippen LogP contribution is -1.93. The van der Waals surface area contributed by atoms with Crippen molar-refractivity contribution in [3.63, 3.8) is 0 Å². The van der Waals surface area contributed by atoms with Crippen molar-refractivity contribution in [2.75, 3.05) is 0 Å². The maximum Gasteiger partial charge on any atom is 0.261 e. The number of rotatable bonds is 3. The summed E-state index contributed by atoms with van der Waals surface area (Å²) < 4.78 is 29.0. The van der Waals surface area contributed by atoms with Crippen LogP contribution in [-0.4, -0.2) is 8.42 Å². The molecule has 0 saturated heterocycles. The summed E-state index contributed by atoms with van der Waals surface area (Å²) in [6.45, 7) is 1.90. The normalized spacial score (nSPS) is 11.4. The van der Waals surface area contributed by atoms with Gasteiger partial charge in [-0.15, -0.1) is 0 Å². The summed E-state index contributed by atoms with van der Waals surface area (Å²) in [7, 11) is 1.45. The van der Waals surface area contributed by atoms with E-state index in [1.807, 2.05) is 19.1 Å². The maximum absolute atomic E-state index is 11.2. The molecule has 2 aromatic carbocycles. The Morgan fingerprint density at radius 3 is 2.40 bits per heavy atom. The summed E-state index contributed by atoms with van der Waals surface area (Å²) in [4.78, 5) is -0.0671. The minimum absolute atomic E-state index is 0.0671. The maximum atomic E-state index is 11.2. The summed E-state index contributed by atoms with van der Waals surface area (Å²) in [6, 6.07) is 9.66. The van der Waals surface area contributed by atoms with E-state index in [-0.39, 0.29) is 9.92 Å². The molecule has 0 bridgehead atoms. The third kappa shape index (κ3) is 3.67. The number of halogens is 3. The molecule has 0 aliphatic rings. The molecule has 3 nitrogen and oxygen atoms in total. The minimum Gasteiger partial charge on any atom is -0.455 e. The molecule has 7 heteroatoms. The molecule has 0 amide bonds. The zero-order valence-electron chi connectivity index (χ0n) is 10.2. The van der Waals surface area contributed by atoms with Crippen LogP contribution in [0, 0.1) is 6.92 Å². The first-order chi connectivity index (χ1) is 9.27. The van der Waals surface area contributed by atoms with Crippen molar-refractivity contribution in [3.8, 4) is 11.5 Å². The highest BCUT2D eigenvalue weighted by Crippen LogP contribution is 2.34. The number of aryl methyl sites for hydroxylation is 1. The van der Waals surface area contributed by atoms with Crippen LogP contribution in [0.4, 0.5) is 0 Å². The van der Waals surface area contributed by atoms with Gasteiger partial charge in [0.05, 0.1) is 9.92 Å². The van der Waals surface area contributed by atoms with Gasteiger partial charge in [-0.1, -0.05) is 33.6 Å². The Balaban J connectivity index is 2.38. The molecule has 2 aromatic rings. The molecule has 0 N–H and O–H groups in total. The summed E-state index contributed by atoms with van der Waals surface area (Å²) in [5.74, 6) is 0.986. The molecule has 20 heavy (non-hydrogen) atoms. The van der Waals surface area contributed by atoms with Crippen LogP contribution in [0.15, 0.2) is 45.8 Å². The Bertz CT molecular complexity index is 760. The summed E-state index contributed by atoms with van der Waals surface area (Å²) in [6.07, 6.45) is 0. The fourth-order valence-corrected chi connectivity index (χ4v) is 2.92. The molecule has 0 unspecified atom stereocenters. The van der Waals surface area contributed by atoms with E-state index in [0.29, 0.717) is 11.5 Å².